The van der Waals surface area contributed by atoms with E-state index >= 15 is 0 Å². The lowest BCUT2D eigenvalue weighted by atomic mass is 9.71. The lowest BCUT2D eigenvalue weighted by molar-refractivity contribution is 0.170. The normalized spacial score (nSPS) is 24.8. The minimum atomic E-state index is -3.58. The highest BCUT2D eigenvalue weighted by atomic mass is 32.2. The van der Waals surface area contributed by atoms with Crippen LogP contribution in [0.4, 0.5) is 0 Å². The predicted octanol–water partition coefficient (Wildman–Crippen LogP) is 2.77. The zero-order valence-corrected chi connectivity index (χ0v) is 13.2. The molecule has 1 aromatic heterocycles. The summed E-state index contributed by atoms with van der Waals surface area (Å²) in [6, 6.07) is 5.44. The van der Waals surface area contributed by atoms with Crippen molar-refractivity contribution >= 4 is 21.1 Å². The standard InChI is InChI=1S/C16H18O5S/c1-22(17,18)21-13-5-2-4-11-14-12(20-15(11)13)6-3-7-16(14)8-9-19-10-16/h2,4-5H,3,6-10H2,1H3. The van der Waals surface area contributed by atoms with Crippen LogP contribution in [0.3, 0.4) is 0 Å². The van der Waals surface area contributed by atoms with Gasteiger partial charge in [0.15, 0.2) is 11.3 Å². The lowest BCUT2D eigenvalue weighted by Crippen LogP contribution is -2.30. The largest absolute Gasteiger partial charge is 0.457 e. The van der Waals surface area contributed by atoms with Crippen molar-refractivity contribution in [2.24, 2.45) is 0 Å². The van der Waals surface area contributed by atoms with Crippen LogP contribution in [0.25, 0.3) is 11.0 Å². The Hall–Kier alpha value is -1.53. The SMILES string of the molecule is CS(=O)(=O)Oc1cccc2c3c(oc12)CCCC31CCOC1. The van der Waals surface area contributed by atoms with Crippen LogP contribution in [0.15, 0.2) is 22.6 Å². The Morgan fingerprint density at radius 1 is 1.27 bits per heavy atom. The molecular weight excluding hydrogens is 304 g/mol. The van der Waals surface area contributed by atoms with Crippen LogP contribution in [-0.4, -0.2) is 27.9 Å². The van der Waals surface area contributed by atoms with Gasteiger partial charge in [0, 0.05) is 29.4 Å². The van der Waals surface area contributed by atoms with E-state index in [4.69, 9.17) is 13.3 Å². The van der Waals surface area contributed by atoms with E-state index in [0.717, 1.165) is 49.7 Å². The number of aryl methyl sites for hydroxylation is 1. The molecule has 0 radical (unpaired) electrons. The highest BCUT2D eigenvalue weighted by Gasteiger charge is 2.43. The van der Waals surface area contributed by atoms with Crippen LogP contribution in [0, 0.1) is 0 Å². The molecule has 2 aliphatic rings. The summed E-state index contributed by atoms with van der Waals surface area (Å²) in [6.07, 6.45) is 5.07. The monoisotopic (exact) mass is 322 g/mol. The first-order valence-corrected chi connectivity index (χ1v) is 9.32. The third kappa shape index (κ3) is 2.13. The lowest BCUT2D eigenvalue weighted by Gasteiger charge is -2.31. The second-order valence-corrected chi connectivity index (χ2v) is 7.83. The fourth-order valence-corrected chi connectivity index (χ4v) is 4.30. The number of rotatable bonds is 2. The fraction of sp³-hybridized carbons (Fsp3) is 0.500. The van der Waals surface area contributed by atoms with Gasteiger partial charge in [-0.3, -0.25) is 0 Å². The third-order valence-electron chi connectivity index (χ3n) is 4.69. The van der Waals surface area contributed by atoms with Crippen LogP contribution < -0.4 is 4.18 Å². The van der Waals surface area contributed by atoms with Crippen molar-refractivity contribution in [1.82, 2.24) is 0 Å². The second kappa shape index (κ2) is 4.73. The molecule has 1 aliphatic carbocycles. The van der Waals surface area contributed by atoms with Gasteiger partial charge < -0.3 is 13.3 Å². The zero-order chi connectivity index (χ0) is 15.4. The fourth-order valence-electron chi connectivity index (χ4n) is 3.84. The van der Waals surface area contributed by atoms with E-state index in [1.54, 1.807) is 6.07 Å². The quantitative estimate of drug-likeness (QED) is 0.795. The Labute approximate surface area is 129 Å². The minimum absolute atomic E-state index is 0.0164. The molecule has 0 bridgehead atoms. The highest BCUT2D eigenvalue weighted by Crippen LogP contribution is 2.49. The van der Waals surface area contributed by atoms with E-state index in [2.05, 4.69) is 0 Å². The van der Waals surface area contributed by atoms with Crippen molar-refractivity contribution in [2.75, 3.05) is 19.5 Å². The average molecular weight is 322 g/mol. The third-order valence-corrected chi connectivity index (χ3v) is 5.17. The molecule has 118 valence electrons. The maximum Gasteiger partial charge on any atom is 0.306 e. The van der Waals surface area contributed by atoms with E-state index in [1.165, 1.54) is 5.56 Å². The van der Waals surface area contributed by atoms with Crippen molar-refractivity contribution < 1.29 is 21.8 Å². The van der Waals surface area contributed by atoms with Crippen molar-refractivity contribution in [1.29, 1.82) is 0 Å². The molecule has 4 rings (SSSR count). The molecule has 2 aromatic rings. The van der Waals surface area contributed by atoms with Crippen LogP contribution in [0.1, 0.15) is 30.6 Å². The molecule has 5 nitrogen and oxygen atoms in total. The zero-order valence-electron chi connectivity index (χ0n) is 12.4. The van der Waals surface area contributed by atoms with Crippen molar-refractivity contribution in [3.63, 3.8) is 0 Å². The molecule has 0 amide bonds. The van der Waals surface area contributed by atoms with Gasteiger partial charge in [0.2, 0.25) is 0 Å². The molecule has 2 heterocycles. The average Bonchev–Trinajstić information content (AvgIpc) is 3.03. The topological polar surface area (TPSA) is 65.7 Å². The van der Waals surface area contributed by atoms with Gasteiger partial charge in [0.05, 0.1) is 12.9 Å². The summed E-state index contributed by atoms with van der Waals surface area (Å²) in [4.78, 5) is 0. The van der Waals surface area contributed by atoms with E-state index < -0.39 is 10.1 Å². The molecule has 1 spiro atoms. The van der Waals surface area contributed by atoms with E-state index in [-0.39, 0.29) is 11.2 Å². The summed E-state index contributed by atoms with van der Waals surface area (Å²) < 4.78 is 39.7. The van der Waals surface area contributed by atoms with Gasteiger partial charge >= 0.3 is 10.1 Å². The second-order valence-electron chi connectivity index (χ2n) is 6.26. The van der Waals surface area contributed by atoms with Crippen molar-refractivity contribution in [3.05, 3.63) is 29.5 Å². The summed E-state index contributed by atoms with van der Waals surface area (Å²) in [5, 5.41) is 0.960. The Morgan fingerprint density at radius 2 is 2.14 bits per heavy atom. The Balaban J connectivity index is 1.94. The number of ether oxygens (including phenoxy) is 1. The number of fused-ring (bicyclic) bond motifs is 4. The maximum atomic E-state index is 11.5. The van der Waals surface area contributed by atoms with Crippen LogP contribution in [-0.2, 0) is 26.7 Å². The number of hydrogen-bond acceptors (Lipinski definition) is 5. The van der Waals surface area contributed by atoms with E-state index in [0.29, 0.717) is 12.2 Å². The smallest absolute Gasteiger partial charge is 0.306 e. The summed E-state index contributed by atoms with van der Waals surface area (Å²) in [6.45, 7) is 1.48. The van der Waals surface area contributed by atoms with Gasteiger partial charge in [-0.2, -0.15) is 8.42 Å². The first kappa shape index (κ1) is 14.1. The molecule has 0 saturated carbocycles. The predicted molar refractivity (Wildman–Crippen MR) is 81.7 cm³/mol. The van der Waals surface area contributed by atoms with Gasteiger partial charge in [-0.1, -0.05) is 12.1 Å². The maximum absolute atomic E-state index is 11.5. The molecule has 6 heteroatoms. The summed E-state index contributed by atoms with van der Waals surface area (Å²) in [5.74, 6) is 1.22. The van der Waals surface area contributed by atoms with Crippen LogP contribution in [0.5, 0.6) is 5.75 Å². The summed E-state index contributed by atoms with van der Waals surface area (Å²) in [7, 11) is -3.58. The van der Waals surface area contributed by atoms with Gasteiger partial charge in [0.1, 0.15) is 5.76 Å². The van der Waals surface area contributed by atoms with Gasteiger partial charge in [-0.25, -0.2) is 0 Å². The van der Waals surface area contributed by atoms with Crippen LogP contribution >= 0.6 is 0 Å². The highest BCUT2D eigenvalue weighted by molar-refractivity contribution is 7.86. The van der Waals surface area contributed by atoms with Gasteiger partial charge in [-0.05, 0) is 25.3 Å². The van der Waals surface area contributed by atoms with Crippen molar-refractivity contribution in [2.45, 2.75) is 31.1 Å². The van der Waals surface area contributed by atoms with Gasteiger partial charge in [-0.15, -0.1) is 0 Å². The molecule has 0 N–H and O–H groups in total. The molecule has 1 fully saturated rings. The summed E-state index contributed by atoms with van der Waals surface area (Å²) >= 11 is 0. The molecule has 1 aliphatic heterocycles. The molecular formula is C16H18O5S. The number of benzene rings is 1. The molecule has 1 saturated heterocycles. The van der Waals surface area contributed by atoms with Gasteiger partial charge in [0.25, 0.3) is 0 Å². The first-order valence-electron chi connectivity index (χ1n) is 7.51. The molecule has 22 heavy (non-hydrogen) atoms. The molecule has 1 unspecified atom stereocenters. The Morgan fingerprint density at radius 3 is 2.86 bits per heavy atom. The number of para-hydroxylation sites is 1. The minimum Gasteiger partial charge on any atom is -0.457 e. The summed E-state index contributed by atoms with van der Waals surface area (Å²) in [5.41, 5.74) is 1.75. The van der Waals surface area contributed by atoms with Crippen LogP contribution in [0.2, 0.25) is 0 Å². The van der Waals surface area contributed by atoms with E-state index in [1.807, 2.05) is 12.1 Å². The number of hydrogen-bond donors (Lipinski definition) is 0. The van der Waals surface area contributed by atoms with E-state index in [9.17, 15) is 8.42 Å². The first-order chi connectivity index (χ1) is 10.5. The molecule has 1 aromatic carbocycles. The van der Waals surface area contributed by atoms with Crippen molar-refractivity contribution in [3.8, 4) is 5.75 Å². The Bertz CT molecular complexity index is 828. The number of furan rings is 1. The Kier molecular flexibility index (Phi) is 3.03. The molecule has 1 atom stereocenters.